The van der Waals surface area contributed by atoms with Crippen LogP contribution in [0.3, 0.4) is 0 Å². The Labute approximate surface area is 116 Å². The highest BCUT2D eigenvalue weighted by Crippen LogP contribution is 2.22. The third-order valence-electron chi connectivity index (χ3n) is 3.00. The number of hydrogen-bond donors (Lipinski definition) is 1. The standard InChI is InChI=1S/C16H13NO3/c1-20-16(19)14-8-6-13(7-9-14)15(18)12-4-2-11(10-17)3-5-12/h2-9,15,18H,1H3/t15-/m0/s1. The molecule has 0 unspecified atom stereocenters. The Bertz CT molecular complexity index is 639. The second kappa shape index (κ2) is 6.00. The van der Waals surface area contributed by atoms with Gasteiger partial charge in [0.15, 0.2) is 0 Å². The molecular weight excluding hydrogens is 254 g/mol. The maximum Gasteiger partial charge on any atom is 0.337 e. The van der Waals surface area contributed by atoms with Gasteiger partial charge in [-0.15, -0.1) is 0 Å². The first-order valence-electron chi connectivity index (χ1n) is 6.02. The van der Waals surface area contributed by atoms with E-state index in [1.165, 1.54) is 7.11 Å². The van der Waals surface area contributed by atoms with Crippen molar-refractivity contribution in [2.75, 3.05) is 7.11 Å². The van der Waals surface area contributed by atoms with Crippen molar-refractivity contribution < 1.29 is 14.6 Å². The molecule has 0 saturated heterocycles. The molecule has 0 fully saturated rings. The van der Waals surface area contributed by atoms with Crippen LogP contribution in [0.15, 0.2) is 48.5 Å². The second-order valence-electron chi connectivity index (χ2n) is 4.25. The molecule has 2 aromatic rings. The molecule has 0 aliphatic carbocycles. The highest BCUT2D eigenvalue weighted by Gasteiger charge is 2.12. The van der Waals surface area contributed by atoms with Crippen LogP contribution in [-0.2, 0) is 4.74 Å². The Morgan fingerprint density at radius 2 is 1.60 bits per heavy atom. The van der Waals surface area contributed by atoms with Crippen LogP contribution in [0.4, 0.5) is 0 Å². The van der Waals surface area contributed by atoms with E-state index in [4.69, 9.17) is 5.26 Å². The van der Waals surface area contributed by atoms with Crippen molar-refractivity contribution in [3.8, 4) is 6.07 Å². The molecule has 2 aromatic carbocycles. The largest absolute Gasteiger partial charge is 0.465 e. The first-order valence-corrected chi connectivity index (χ1v) is 6.02. The molecule has 0 spiro atoms. The normalized spacial score (nSPS) is 11.4. The zero-order valence-corrected chi connectivity index (χ0v) is 10.9. The van der Waals surface area contributed by atoms with E-state index in [-0.39, 0.29) is 0 Å². The lowest BCUT2D eigenvalue weighted by Crippen LogP contribution is -2.03. The van der Waals surface area contributed by atoms with E-state index in [1.54, 1.807) is 48.5 Å². The third-order valence-corrected chi connectivity index (χ3v) is 3.00. The molecule has 0 bridgehead atoms. The summed E-state index contributed by atoms with van der Waals surface area (Å²) in [6, 6.07) is 15.3. The molecule has 0 aliphatic rings. The second-order valence-corrected chi connectivity index (χ2v) is 4.25. The lowest BCUT2D eigenvalue weighted by Gasteiger charge is -2.12. The van der Waals surface area contributed by atoms with E-state index in [2.05, 4.69) is 4.74 Å². The van der Waals surface area contributed by atoms with Gasteiger partial charge < -0.3 is 9.84 Å². The van der Waals surface area contributed by atoms with Gasteiger partial charge in [-0.1, -0.05) is 24.3 Å². The summed E-state index contributed by atoms with van der Waals surface area (Å²) < 4.78 is 4.61. The summed E-state index contributed by atoms with van der Waals surface area (Å²) in [5, 5.41) is 19.0. The minimum absolute atomic E-state index is 0.413. The smallest absolute Gasteiger partial charge is 0.337 e. The lowest BCUT2D eigenvalue weighted by molar-refractivity contribution is 0.0600. The number of esters is 1. The molecule has 4 nitrogen and oxygen atoms in total. The van der Waals surface area contributed by atoms with Gasteiger partial charge in [0.05, 0.1) is 24.3 Å². The summed E-state index contributed by atoms with van der Waals surface area (Å²) in [6.07, 6.45) is -0.797. The van der Waals surface area contributed by atoms with E-state index >= 15 is 0 Å². The summed E-state index contributed by atoms with van der Waals surface area (Å²) >= 11 is 0. The summed E-state index contributed by atoms with van der Waals surface area (Å²) in [6.45, 7) is 0. The number of nitriles is 1. The molecular formula is C16H13NO3. The molecule has 0 heterocycles. The van der Waals surface area contributed by atoms with Crippen molar-refractivity contribution in [3.05, 3.63) is 70.8 Å². The maximum absolute atomic E-state index is 11.3. The zero-order valence-electron chi connectivity index (χ0n) is 10.9. The zero-order chi connectivity index (χ0) is 14.5. The number of nitrogens with zero attached hydrogens (tertiary/aromatic N) is 1. The van der Waals surface area contributed by atoms with Crippen molar-refractivity contribution in [2.45, 2.75) is 6.10 Å². The summed E-state index contributed by atoms with van der Waals surface area (Å²) in [5.41, 5.74) is 2.34. The van der Waals surface area contributed by atoms with Crippen molar-refractivity contribution in [3.63, 3.8) is 0 Å². The molecule has 20 heavy (non-hydrogen) atoms. The number of methoxy groups -OCH3 is 1. The van der Waals surface area contributed by atoms with E-state index in [1.807, 2.05) is 6.07 Å². The highest BCUT2D eigenvalue weighted by molar-refractivity contribution is 5.89. The molecule has 2 rings (SSSR count). The number of ether oxygens (including phenoxy) is 1. The molecule has 0 amide bonds. The number of carbonyl (C=O) groups is 1. The molecule has 100 valence electrons. The van der Waals surface area contributed by atoms with Gasteiger partial charge in [-0.25, -0.2) is 4.79 Å². The summed E-state index contributed by atoms with van der Waals surface area (Å²) in [4.78, 5) is 11.3. The topological polar surface area (TPSA) is 70.3 Å². The third kappa shape index (κ3) is 2.85. The number of aliphatic hydroxyl groups excluding tert-OH is 1. The van der Waals surface area contributed by atoms with Gasteiger partial charge in [-0.05, 0) is 35.4 Å². The number of rotatable bonds is 3. The molecule has 0 radical (unpaired) electrons. The molecule has 0 aromatic heterocycles. The molecule has 0 saturated carbocycles. The Hall–Kier alpha value is -2.64. The molecule has 4 heteroatoms. The summed E-state index contributed by atoms with van der Waals surface area (Å²) in [7, 11) is 1.32. The van der Waals surface area contributed by atoms with E-state index in [0.29, 0.717) is 22.3 Å². The van der Waals surface area contributed by atoms with E-state index in [0.717, 1.165) is 0 Å². The quantitative estimate of drug-likeness (QED) is 0.867. The van der Waals surface area contributed by atoms with Gasteiger partial charge in [0.25, 0.3) is 0 Å². The summed E-state index contributed by atoms with van der Waals surface area (Å²) in [5.74, 6) is -0.413. The average molecular weight is 267 g/mol. The predicted molar refractivity (Wildman–Crippen MR) is 73.0 cm³/mol. The van der Waals surface area contributed by atoms with Crippen LogP contribution in [-0.4, -0.2) is 18.2 Å². The van der Waals surface area contributed by atoms with Crippen LogP contribution in [0.5, 0.6) is 0 Å². The highest BCUT2D eigenvalue weighted by atomic mass is 16.5. The van der Waals surface area contributed by atoms with Crippen LogP contribution in [0.2, 0.25) is 0 Å². The minimum atomic E-state index is -0.797. The van der Waals surface area contributed by atoms with Gasteiger partial charge in [0.1, 0.15) is 6.10 Å². The predicted octanol–water partition coefficient (Wildman–Crippen LogP) is 2.43. The van der Waals surface area contributed by atoms with Crippen LogP contribution in [0.1, 0.15) is 33.2 Å². The van der Waals surface area contributed by atoms with Gasteiger partial charge >= 0.3 is 5.97 Å². The van der Waals surface area contributed by atoms with Crippen LogP contribution < -0.4 is 0 Å². The lowest BCUT2D eigenvalue weighted by atomic mass is 9.99. The van der Waals surface area contributed by atoms with Crippen molar-refractivity contribution in [2.24, 2.45) is 0 Å². The van der Waals surface area contributed by atoms with E-state index < -0.39 is 12.1 Å². The fraction of sp³-hybridized carbons (Fsp3) is 0.125. The SMILES string of the molecule is COC(=O)c1ccc([C@@H](O)c2ccc(C#N)cc2)cc1. The van der Waals surface area contributed by atoms with Gasteiger partial charge in [0, 0.05) is 0 Å². The van der Waals surface area contributed by atoms with Gasteiger partial charge in [0.2, 0.25) is 0 Å². The molecule has 1 N–H and O–H groups in total. The number of benzene rings is 2. The van der Waals surface area contributed by atoms with Gasteiger partial charge in [-0.3, -0.25) is 0 Å². The van der Waals surface area contributed by atoms with Crippen LogP contribution in [0, 0.1) is 11.3 Å². The monoisotopic (exact) mass is 267 g/mol. The van der Waals surface area contributed by atoms with Crippen LogP contribution in [0.25, 0.3) is 0 Å². The first kappa shape index (κ1) is 13.8. The van der Waals surface area contributed by atoms with Crippen molar-refractivity contribution in [1.29, 1.82) is 5.26 Å². The Morgan fingerprint density at radius 3 is 2.05 bits per heavy atom. The Morgan fingerprint density at radius 1 is 1.10 bits per heavy atom. The number of hydrogen-bond acceptors (Lipinski definition) is 4. The fourth-order valence-corrected chi connectivity index (χ4v) is 1.85. The Kier molecular flexibility index (Phi) is 4.14. The maximum atomic E-state index is 11.3. The van der Waals surface area contributed by atoms with E-state index in [9.17, 15) is 9.90 Å². The van der Waals surface area contributed by atoms with Crippen molar-refractivity contribution >= 4 is 5.97 Å². The Balaban J connectivity index is 2.22. The molecule has 1 atom stereocenters. The van der Waals surface area contributed by atoms with Gasteiger partial charge in [-0.2, -0.15) is 5.26 Å². The van der Waals surface area contributed by atoms with Crippen LogP contribution >= 0.6 is 0 Å². The minimum Gasteiger partial charge on any atom is -0.465 e. The molecule has 0 aliphatic heterocycles. The first-order chi connectivity index (χ1) is 9.65. The fourth-order valence-electron chi connectivity index (χ4n) is 1.85. The number of aliphatic hydroxyl groups is 1. The number of carbonyl (C=O) groups excluding carboxylic acids is 1. The average Bonchev–Trinajstić information content (AvgIpc) is 2.53. The van der Waals surface area contributed by atoms with Crippen molar-refractivity contribution in [1.82, 2.24) is 0 Å².